The number of hydrogen-bond donors (Lipinski definition) is 0. The fraction of sp³-hybridized carbons (Fsp3) is 0. The maximum Gasteiger partial charge on any atom is 0.219 e. The van der Waals surface area contributed by atoms with Crippen molar-refractivity contribution >= 4 is 28.0 Å². The van der Waals surface area contributed by atoms with Crippen LogP contribution in [0.5, 0.6) is 0 Å². The molecule has 1 aromatic carbocycles. The molecule has 0 N–H and O–H groups in total. The van der Waals surface area contributed by atoms with E-state index in [4.69, 9.17) is 11.6 Å². The highest BCUT2D eigenvalue weighted by Crippen LogP contribution is 2.20. The summed E-state index contributed by atoms with van der Waals surface area (Å²) in [5.74, 6) is 0. The molecular formula is C13H9Cl2N. The van der Waals surface area contributed by atoms with E-state index in [9.17, 15) is 0 Å². The summed E-state index contributed by atoms with van der Waals surface area (Å²) in [6.07, 6.45) is 2.05. The van der Waals surface area contributed by atoms with Crippen LogP contribution in [-0.2, 0) is 0 Å². The van der Waals surface area contributed by atoms with Crippen molar-refractivity contribution < 1.29 is 16.8 Å². The van der Waals surface area contributed by atoms with E-state index in [0.29, 0.717) is 0 Å². The average molecular weight is 250 g/mol. The first-order chi connectivity index (χ1) is 7.36. The maximum atomic E-state index is 6.14. The van der Waals surface area contributed by atoms with Crippen LogP contribution in [0.1, 0.15) is 0 Å². The van der Waals surface area contributed by atoms with Crippen molar-refractivity contribution in [2.45, 2.75) is 0 Å². The second kappa shape index (κ2) is 4.28. The molecule has 2 heterocycles. The number of benzene rings is 1. The van der Waals surface area contributed by atoms with Crippen LogP contribution in [0.4, 0.5) is 0 Å². The highest BCUT2D eigenvalue weighted by Gasteiger charge is 2.08. The summed E-state index contributed by atoms with van der Waals surface area (Å²) in [7, 11) is 0. The highest BCUT2D eigenvalue weighted by atomic mass is 35.5. The normalized spacial score (nSPS) is 10.3. The molecule has 0 spiro atoms. The summed E-state index contributed by atoms with van der Waals surface area (Å²) in [4.78, 5) is 0. The van der Waals surface area contributed by atoms with Crippen molar-refractivity contribution in [3.63, 3.8) is 0 Å². The molecule has 1 nitrogen and oxygen atoms in total. The van der Waals surface area contributed by atoms with Crippen LogP contribution in [0.15, 0.2) is 54.7 Å². The summed E-state index contributed by atoms with van der Waals surface area (Å²) in [6.45, 7) is 0. The molecule has 0 unspecified atom stereocenters. The standard InChI is InChI=1S/C13H9ClN.ClH/c14-12-5-3-6-13-11(12)8-7-10-4-1-2-9-15(10)13;/h1-9H;1H/q+1;/p-1. The van der Waals surface area contributed by atoms with Gasteiger partial charge in [-0.2, -0.15) is 4.40 Å². The number of pyridine rings is 2. The molecule has 2 aromatic heterocycles. The zero-order chi connectivity index (χ0) is 10.3. The number of fused-ring (bicyclic) bond motifs is 3. The molecule has 0 saturated heterocycles. The van der Waals surface area contributed by atoms with Gasteiger partial charge in [-0.25, -0.2) is 0 Å². The lowest BCUT2D eigenvalue weighted by Gasteiger charge is -1.98. The van der Waals surface area contributed by atoms with Crippen molar-refractivity contribution in [2.24, 2.45) is 0 Å². The summed E-state index contributed by atoms with van der Waals surface area (Å²) in [5, 5.41) is 1.88. The Bertz CT molecular complexity index is 650. The fourth-order valence-corrected chi connectivity index (χ4v) is 2.11. The third kappa shape index (κ3) is 1.62. The van der Waals surface area contributed by atoms with Crippen molar-refractivity contribution in [3.05, 3.63) is 59.8 Å². The number of nitrogens with zero attached hydrogens (tertiary/aromatic N) is 1. The molecule has 3 aromatic rings. The molecule has 16 heavy (non-hydrogen) atoms. The van der Waals surface area contributed by atoms with Gasteiger partial charge in [-0.3, -0.25) is 0 Å². The Morgan fingerprint density at radius 1 is 0.875 bits per heavy atom. The third-order valence-electron chi connectivity index (χ3n) is 2.60. The minimum atomic E-state index is 0. The molecule has 0 aliphatic carbocycles. The SMILES string of the molecule is Clc1cccc2c1ccc1cccc[n+]12.[Cl-]. The monoisotopic (exact) mass is 249 g/mol. The van der Waals surface area contributed by atoms with Gasteiger partial charge in [-0.05, 0) is 18.2 Å². The van der Waals surface area contributed by atoms with Gasteiger partial charge >= 0.3 is 0 Å². The molecule has 0 amide bonds. The number of halogens is 2. The maximum absolute atomic E-state index is 6.14. The van der Waals surface area contributed by atoms with Gasteiger partial charge in [0.25, 0.3) is 0 Å². The van der Waals surface area contributed by atoms with E-state index in [1.807, 2.05) is 30.5 Å². The Morgan fingerprint density at radius 2 is 1.75 bits per heavy atom. The van der Waals surface area contributed by atoms with Crippen LogP contribution in [0.3, 0.4) is 0 Å². The summed E-state index contributed by atoms with van der Waals surface area (Å²) < 4.78 is 2.14. The first-order valence-electron chi connectivity index (χ1n) is 4.84. The topological polar surface area (TPSA) is 4.10 Å². The molecule has 0 fully saturated rings. The van der Waals surface area contributed by atoms with Gasteiger partial charge < -0.3 is 12.4 Å². The minimum Gasteiger partial charge on any atom is -1.00 e. The van der Waals surface area contributed by atoms with Gasteiger partial charge in [0, 0.05) is 24.3 Å². The Kier molecular flexibility index (Phi) is 2.99. The van der Waals surface area contributed by atoms with E-state index < -0.39 is 0 Å². The Labute approximate surface area is 105 Å². The highest BCUT2D eigenvalue weighted by molar-refractivity contribution is 6.35. The van der Waals surface area contributed by atoms with Gasteiger partial charge in [-0.1, -0.05) is 17.7 Å². The van der Waals surface area contributed by atoms with Crippen LogP contribution in [0.2, 0.25) is 5.02 Å². The lowest BCUT2D eigenvalue weighted by atomic mass is 10.2. The van der Waals surface area contributed by atoms with E-state index in [2.05, 4.69) is 28.7 Å². The van der Waals surface area contributed by atoms with E-state index in [1.165, 1.54) is 5.52 Å². The second-order valence-corrected chi connectivity index (χ2v) is 3.91. The number of rotatable bonds is 0. The third-order valence-corrected chi connectivity index (χ3v) is 2.93. The molecule has 80 valence electrons. The summed E-state index contributed by atoms with van der Waals surface area (Å²) in [5.41, 5.74) is 2.31. The molecule has 0 radical (unpaired) electrons. The summed E-state index contributed by atoms with van der Waals surface area (Å²) >= 11 is 6.14. The fourth-order valence-electron chi connectivity index (χ4n) is 1.88. The van der Waals surface area contributed by atoms with E-state index in [-0.39, 0.29) is 12.4 Å². The number of hydrogen-bond acceptors (Lipinski definition) is 0. The van der Waals surface area contributed by atoms with Crippen LogP contribution >= 0.6 is 11.6 Å². The van der Waals surface area contributed by atoms with Crippen LogP contribution in [-0.4, -0.2) is 0 Å². The van der Waals surface area contributed by atoms with Gasteiger partial charge in [0.15, 0.2) is 6.20 Å². The first kappa shape index (κ1) is 11.2. The largest absolute Gasteiger partial charge is 1.00 e. The van der Waals surface area contributed by atoms with Gasteiger partial charge in [-0.15, -0.1) is 0 Å². The van der Waals surface area contributed by atoms with Crippen molar-refractivity contribution in [3.8, 4) is 0 Å². The molecule has 0 aliphatic rings. The summed E-state index contributed by atoms with van der Waals surface area (Å²) in [6, 6.07) is 16.2. The van der Waals surface area contributed by atoms with Crippen molar-refractivity contribution in [1.29, 1.82) is 0 Å². The molecule has 0 aliphatic heterocycles. The Balaban J connectivity index is 0.000000963. The Hall–Kier alpha value is -1.31. The Morgan fingerprint density at radius 3 is 2.62 bits per heavy atom. The van der Waals surface area contributed by atoms with Crippen molar-refractivity contribution in [2.75, 3.05) is 0 Å². The lowest BCUT2D eigenvalue weighted by molar-refractivity contribution is -0.481. The van der Waals surface area contributed by atoms with Crippen LogP contribution in [0, 0.1) is 0 Å². The smallest absolute Gasteiger partial charge is 0.219 e. The number of aromatic nitrogens is 1. The molecule has 3 rings (SSSR count). The molecular weight excluding hydrogens is 241 g/mol. The molecule has 0 saturated carbocycles. The van der Waals surface area contributed by atoms with E-state index >= 15 is 0 Å². The van der Waals surface area contributed by atoms with Crippen LogP contribution in [0.25, 0.3) is 16.4 Å². The predicted octanol–water partition coefficient (Wildman–Crippen LogP) is 0.236. The van der Waals surface area contributed by atoms with Crippen LogP contribution < -0.4 is 16.8 Å². The van der Waals surface area contributed by atoms with E-state index in [0.717, 1.165) is 15.9 Å². The van der Waals surface area contributed by atoms with Gasteiger partial charge in [0.05, 0.1) is 10.4 Å². The average Bonchev–Trinajstić information content (AvgIpc) is 2.29. The second-order valence-electron chi connectivity index (χ2n) is 3.50. The van der Waals surface area contributed by atoms with E-state index in [1.54, 1.807) is 0 Å². The lowest BCUT2D eigenvalue weighted by Crippen LogP contribution is -3.00. The first-order valence-corrected chi connectivity index (χ1v) is 5.22. The zero-order valence-corrected chi connectivity index (χ0v) is 9.91. The molecule has 3 heteroatoms. The quantitative estimate of drug-likeness (QED) is 0.397. The molecule has 0 bridgehead atoms. The van der Waals surface area contributed by atoms with Gasteiger partial charge in [0.1, 0.15) is 0 Å². The molecule has 0 atom stereocenters. The predicted molar refractivity (Wildman–Crippen MR) is 62.1 cm³/mol. The zero-order valence-electron chi connectivity index (χ0n) is 8.40. The van der Waals surface area contributed by atoms with Crippen molar-refractivity contribution in [1.82, 2.24) is 0 Å². The van der Waals surface area contributed by atoms with Gasteiger partial charge in [0.2, 0.25) is 11.0 Å². The minimum absolute atomic E-state index is 0.